The molecule has 1 fully saturated rings. The highest BCUT2D eigenvalue weighted by Crippen LogP contribution is 2.21. The van der Waals surface area contributed by atoms with Gasteiger partial charge in [-0.05, 0) is 12.1 Å². The molecule has 4 amide bonds. The van der Waals surface area contributed by atoms with E-state index in [-0.39, 0.29) is 12.2 Å². The van der Waals surface area contributed by atoms with E-state index in [2.05, 4.69) is 15.9 Å². The Balaban J connectivity index is 2.19. The number of Topliss-reactive ketones (excluding diaryl/α,β-unsaturated/α-hetero) is 1. The Morgan fingerprint density at radius 3 is 2.00 bits per heavy atom. The molecule has 1 heterocycles. The predicted molar refractivity (Wildman–Crippen MR) is 77.5 cm³/mol. The van der Waals surface area contributed by atoms with Gasteiger partial charge in [0.05, 0.1) is 0 Å². The monoisotopic (exact) mass is 352 g/mol. The third kappa shape index (κ3) is 2.87. The maximum absolute atomic E-state index is 12.2. The minimum Gasteiger partial charge on any atom is -0.294 e. The topological polar surface area (TPSA) is 74.8 Å². The first-order valence-electron chi connectivity index (χ1n) is 6.20. The van der Waals surface area contributed by atoms with Gasteiger partial charge in [0, 0.05) is 30.6 Å². The lowest BCUT2D eigenvalue weighted by Crippen LogP contribution is -2.57. The summed E-state index contributed by atoms with van der Waals surface area (Å²) in [6.07, 6.45) is -0.249. The van der Waals surface area contributed by atoms with Gasteiger partial charge in [-0.1, -0.05) is 28.1 Å². The summed E-state index contributed by atoms with van der Waals surface area (Å²) in [5.41, 5.74) is 0.418. The van der Waals surface area contributed by atoms with Crippen LogP contribution in [0.25, 0.3) is 0 Å². The number of imide groups is 2. The van der Waals surface area contributed by atoms with E-state index in [4.69, 9.17) is 0 Å². The smallest absolute Gasteiger partial charge is 0.294 e. The molecule has 0 N–H and O–H groups in total. The zero-order valence-corrected chi connectivity index (χ0v) is 13.1. The van der Waals surface area contributed by atoms with Crippen LogP contribution >= 0.6 is 15.9 Å². The van der Waals surface area contributed by atoms with Gasteiger partial charge in [0.25, 0.3) is 0 Å². The van der Waals surface area contributed by atoms with Crippen molar-refractivity contribution >= 4 is 39.6 Å². The molecule has 0 aliphatic carbocycles. The molecule has 1 aromatic carbocycles. The fraction of sp³-hybridized carbons (Fsp3) is 0.286. The highest BCUT2D eigenvalue weighted by Gasteiger charge is 2.43. The van der Waals surface area contributed by atoms with Crippen LogP contribution in [0.5, 0.6) is 0 Å². The highest BCUT2D eigenvalue weighted by molar-refractivity contribution is 9.10. The van der Waals surface area contributed by atoms with Crippen LogP contribution in [0.3, 0.4) is 0 Å². The van der Waals surface area contributed by atoms with Gasteiger partial charge >= 0.3 is 6.03 Å². The van der Waals surface area contributed by atoms with Crippen LogP contribution in [0.1, 0.15) is 16.8 Å². The van der Waals surface area contributed by atoms with Crippen LogP contribution in [0.2, 0.25) is 0 Å². The molecule has 21 heavy (non-hydrogen) atoms. The van der Waals surface area contributed by atoms with Crippen LogP contribution < -0.4 is 0 Å². The summed E-state index contributed by atoms with van der Waals surface area (Å²) in [5, 5.41) is 0. The largest absolute Gasteiger partial charge is 0.332 e. The average Bonchev–Trinajstić information content (AvgIpc) is 2.48. The molecule has 1 saturated heterocycles. The van der Waals surface area contributed by atoms with Crippen molar-refractivity contribution in [1.82, 2.24) is 9.80 Å². The molecule has 0 saturated carbocycles. The number of halogens is 1. The van der Waals surface area contributed by atoms with E-state index in [1.54, 1.807) is 24.3 Å². The molecule has 2 rings (SSSR count). The maximum atomic E-state index is 12.2. The Hall–Kier alpha value is -2.02. The number of rotatable bonds is 3. The summed E-state index contributed by atoms with van der Waals surface area (Å²) < 4.78 is 0.828. The zero-order valence-electron chi connectivity index (χ0n) is 11.5. The Kier molecular flexibility index (Phi) is 4.22. The van der Waals surface area contributed by atoms with Gasteiger partial charge in [0.2, 0.25) is 11.8 Å². The molecule has 0 aromatic heterocycles. The minimum absolute atomic E-state index is 0.249. The summed E-state index contributed by atoms with van der Waals surface area (Å²) in [5.74, 6) is -2.75. The van der Waals surface area contributed by atoms with Gasteiger partial charge in [-0.25, -0.2) is 4.79 Å². The first-order valence-corrected chi connectivity index (χ1v) is 7.00. The lowest BCUT2D eigenvalue weighted by atomic mass is 9.94. The van der Waals surface area contributed by atoms with Crippen molar-refractivity contribution in [2.45, 2.75) is 6.42 Å². The Bertz CT molecular complexity index is 602. The lowest BCUT2D eigenvalue weighted by molar-refractivity contribution is -0.147. The van der Waals surface area contributed by atoms with Gasteiger partial charge in [-0.3, -0.25) is 24.2 Å². The fourth-order valence-electron chi connectivity index (χ4n) is 2.10. The van der Waals surface area contributed by atoms with Crippen molar-refractivity contribution in [2.75, 3.05) is 14.1 Å². The molecule has 1 aliphatic heterocycles. The fourth-order valence-corrected chi connectivity index (χ4v) is 2.36. The summed E-state index contributed by atoms with van der Waals surface area (Å²) >= 11 is 3.26. The molecule has 1 aromatic rings. The van der Waals surface area contributed by atoms with Crippen molar-refractivity contribution in [2.24, 2.45) is 5.92 Å². The molecule has 0 spiro atoms. The number of urea groups is 1. The number of benzene rings is 1. The number of hydrogen-bond donors (Lipinski definition) is 0. The van der Waals surface area contributed by atoms with Gasteiger partial charge in [0.15, 0.2) is 5.78 Å². The van der Waals surface area contributed by atoms with Crippen LogP contribution in [0.4, 0.5) is 4.79 Å². The van der Waals surface area contributed by atoms with E-state index in [1.807, 2.05) is 0 Å². The van der Waals surface area contributed by atoms with E-state index in [9.17, 15) is 19.2 Å². The van der Waals surface area contributed by atoms with Crippen molar-refractivity contribution in [1.29, 1.82) is 0 Å². The highest BCUT2D eigenvalue weighted by atomic mass is 79.9. The number of hydrogen-bond acceptors (Lipinski definition) is 4. The number of amides is 4. The average molecular weight is 353 g/mol. The van der Waals surface area contributed by atoms with Crippen molar-refractivity contribution in [3.05, 3.63) is 34.3 Å². The normalized spacial score (nSPS) is 16.6. The van der Waals surface area contributed by atoms with Crippen LogP contribution in [-0.2, 0) is 9.59 Å². The lowest BCUT2D eigenvalue weighted by Gasteiger charge is -2.32. The maximum Gasteiger partial charge on any atom is 0.332 e. The van der Waals surface area contributed by atoms with E-state index < -0.39 is 23.8 Å². The van der Waals surface area contributed by atoms with E-state index in [0.29, 0.717) is 5.56 Å². The van der Waals surface area contributed by atoms with Crippen molar-refractivity contribution in [3.8, 4) is 0 Å². The van der Waals surface area contributed by atoms with Crippen molar-refractivity contribution in [3.63, 3.8) is 0 Å². The zero-order chi connectivity index (χ0) is 15.7. The Morgan fingerprint density at radius 2 is 1.52 bits per heavy atom. The molecule has 0 unspecified atom stereocenters. The number of carbonyl (C=O) groups is 4. The van der Waals surface area contributed by atoms with Gasteiger partial charge in [0.1, 0.15) is 5.92 Å². The summed E-state index contributed by atoms with van der Waals surface area (Å²) in [4.78, 5) is 49.5. The molecule has 110 valence electrons. The van der Waals surface area contributed by atoms with E-state index >= 15 is 0 Å². The summed E-state index contributed by atoms with van der Waals surface area (Å²) in [6.45, 7) is 0. The second-order valence-electron chi connectivity index (χ2n) is 4.76. The Morgan fingerprint density at radius 1 is 1.05 bits per heavy atom. The van der Waals surface area contributed by atoms with Crippen molar-refractivity contribution < 1.29 is 19.2 Å². The van der Waals surface area contributed by atoms with E-state index in [1.165, 1.54) is 14.1 Å². The first kappa shape index (κ1) is 15.4. The van der Waals surface area contributed by atoms with E-state index in [0.717, 1.165) is 14.3 Å². The first-order chi connectivity index (χ1) is 9.82. The molecular formula is C14H13BrN2O4. The van der Waals surface area contributed by atoms with Crippen LogP contribution in [0.15, 0.2) is 28.7 Å². The van der Waals surface area contributed by atoms with Crippen LogP contribution in [-0.4, -0.2) is 47.5 Å². The summed E-state index contributed by atoms with van der Waals surface area (Å²) in [7, 11) is 2.59. The predicted octanol–water partition coefficient (Wildman–Crippen LogP) is 1.69. The van der Waals surface area contributed by atoms with Gasteiger partial charge in [-0.2, -0.15) is 0 Å². The third-order valence-corrected chi connectivity index (χ3v) is 3.92. The number of nitrogens with zero attached hydrogens (tertiary/aromatic N) is 2. The molecule has 0 bridgehead atoms. The number of barbiturate groups is 1. The van der Waals surface area contributed by atoms with Crippen LogP contribution in [0, 0.1) is 5.92 Å². The minimum atomic E-state index is -1.14. The third-order valence-electron chi connectivity index (χ3n) is 3.39. The number of carbonyl (C=O) groups excluding carboxylic acids is 4. The summed E-state index contributed by atoms with van der Waals surface area (Å²) in [6, 6.07) is 5.96. The van der Waals surface area contributed by atoms with Gasteiger partial charge in [-0.15, -0.1) is 0 Å². The molecule has 0 radical (unpaired) electrons. The standard InChI is InChI=1S/C14H13BrN2O4/c1-16-12(19)10(13(20)17(2)14(16)21)7-11(18)8-3-5-9(15)6-4-8/h3-6,10H,7H2,1-2H3. The molecule has 0 atom stereocenters. The quantitative estimate of drug-likeness (QED) is 0.612. The second-order valence-corrected chi connectivity index (χ2v) is 5.68. The molecular weight excluding hydrogens is 340 g/mol. The number of ketones is 1. The molecule has 7 heteroatoms. The second kappa shape index (κ2) is 5.77. The Labute approximate surface area is 129 Å². The molecule has 1 aliphatic rings. The molecule has 6 nitrogen and oxygen atoms in total. The van der Waals surface area contributed by atoms with Gasteiger partial charge < -0.3 is 0 Å². The SMILES string of the molecule is CN1C(=O)C(CC(=O)c2ccc(Br)cc2)C(=O)N(C)C1=O.